The number of anilines is 2. The summed E-state index contributed by atoms with van der Waals surface area (Å²) in [5.41, 5.74) is 3.66. The monoisotopic (exact) mass is 278 g/mol. The van der Waals surface area contributed by atoms with E-state index in [4.69, 9.17) is 0 Å². The van der Waals surface area contributed by atoms with Crippen LogP contribution < -0.4 is 5.32 Å². The van der Waals surface area contributed by atoms with Crippen molar-refractivity contribution in [1.82, 2.24) is 4.98 Å². The zero-order valence-corrected chi connectivity index (χ0v) is 11.2. The minimum Gasteiger partial charge on any atom is -0.508 e. The predicted molar refractivity (Wildman–Crippen MR) is 82.7 cm³/mol. The molecule has 4 nitrogen and oxygen atoms in total. The Kier molecular flexibility index (Phi) is 3.43. The molecule has 21 heavy (non-hydrogen) atoms. The van der Waals surface area contributed by atoms with Crippen LogP contribution in [0.4, 0.5) is 11.4 Å². The van der Waals surface area contributed by atoms with Crippen LogP contribution in [-0.2, 0) is 0 Å². The van der Waals surface area contributed by atoms with Crippen LogP contribution in [0.2, 0.25) is 0 Å². The Morgan fingerprint density at radius 1 is 0.667 bits per heavy atom. The van der Waals surface area contributed by atoms with E-state index in [0.29, 0.717) is 0 Å². The number of nitrogens with zero attached hydrogens (tertiary/aromatic N) is 1. The third-order valence-electron chi connectivity index (χ3n) is 3.09. The minimum atomic E-state index is 0.233. The number of aromatic nitrogens is 1. The Bertz CT molecular complexity index is 737. The van der Waals surface area contributed by atoms with Gasteiger partial charge in [-0.05, 0) is 48.0 Å². The van der Waals surface area contributed by atoms with Gasteiger partial charge < -0.3 is 15.5 Å². The molecule has 2 aromatic carbocycles. The van der Waals surface area contributed by atoms with E-state index in [1.165, 1.54) is 0 Å². The standard InChI is InChI=1S/C17H14N2O2/c20-16-5-1-12(2-6-16)13-9-15(11-18-10-13)19-14-3-7-17(21)8-4-14/h1-11,19-21H. The van der Waals surface area contributed by atoms with Crippen molar-refractivity contribution in [3.63, 3.8) is 0 Å². The summed E-state index contributed by atoms with van der Waals surface area (Å²) in [5, 5.41) is 21.8. The van der Waals surface area contributed by atoms with Gasteiger partial charge in [-0.2, -0.15) is 0 Å². The summed E-state index contributed by atoms with van der Waals surface area (Å²) in [5.74, 6) is 0.474. The number of hydrogen-bond donors (Lipinski definition) is 3. The highest BCUT2D eigenvalue weighted by Crippen LogP contribution is 2.25. The molecule has 0 fully saturated rings. The van der Waals surface area contributed by atoms with Gasteiger partial charge in [-0.3, -0.25) is 4.98 Å². The van der Waals surface area contributed by atoms with Crippen LogP contribution in [0.25, 0.3) is 11.1 Å². The first-order valence-electron chi connectivity index (χ1n) is 6.51. The Balaban J connectivity index is 1.86. The van der Waals surface area contributed by atoms with E-state index < -0.39 is 0 Å². The van der Waals surface area contributed by atoms with Gasteiger partial charge in [0.2, 0.25) is 0 Å². The molecule has 0 saturated heterocycles. The molecule has 0 unspecified atom stereocenters. The van der Waals surface area contributed by atoms with E-state index in [-0.39, 0.29) is 11.5 Å². The maximum Gasteiger partial charge on any atom is 0.115 e. The fraction of sp³-hybridized carbons (Fsp3) is 0. The molecule has 0 spiro atoms. The van der Waals surface area contributed by atoms with Crippen LogP contribution in [0.5, 0.6) is 11.5 Å². The number of phenols is 2. The van der Waals surface area contributed by atoms with Gasteiger partial charge in [0.15, 0.2) is 0 Å². The number of aromatic hydroxyl groups is 2. The number of pyridine rings is 1. The molecule has 0 atom stereocenters. The largest absolute Gasteiger partial charge is 0.508 e. The summed E-state index contributed by atoms with van der Waals surface area (Å²) in [6.07, 6.45) is 3.51. The lowest BCUT2D eigenvalue weighted by Gasteiger charge is -2.08. The van der Waals surface area contributed by atoms with Crippen LogP contribution in [0, 0.1) is 0 Å². The highest BCUT2D eigenvalue weighted by molar-refractivity contribution is 5.69. The van der Waals surface area contributed by atoms with E-state index >= 15 is 0 Å². The van der Waals surface area contributed by atoms with Gasteiger partial charge in [0.1, 0.15) is 11.5 Å². The van der Waals surface area contributed by atoms with Crippen molar-refractivity contribution in [2.75, 3.05) is 5.32 Å². The second kappa shape index (κ2) is 5.54. The quantitative estimate of drug-likeness (QED) is 0.636. The van der Waals surface area contributed by atoms with Gasteiger partial charge in [0.25, 0.3) is 0 Å². The molecule has 3 rings (SSSR count). The lowest BCUT2D eigenvalue weighted by Crippen LogP contribution is -1.91. The fourth-order valence-corrected chi connectivity index (χ4v) is 2.03. The van der Waals surface area contributed by atoms with Crippen molar-refractivity contribution in [2.24, 2.45) is 0 Å². The highest BCUT2D eigenvalue weighted by Gasteiger charge is 2.01. The van der Waals surface area contributed by atoms with Crippen LogP contribution in [0.3, 0.4) is 0 Å². The number of nitrogens with one attached hydrogen (secondary N) is 1. The first-order chi connectivity index (χ1) is 10.2. The van der Waals surface area contributed by atoms with Crippen molar-refractivity contribution >= 4 is 11.4 Å². The van der Waals surface area contributed by atoms with Crippen LogP contribution in [0.1, 0.15) is 0 Å². The van der Waals surface area contributed by atoms with Gasteiger partial charge in [-0.25, -0.2) is 0 Å². The molecule has 0 radical (unpaired) electrons. The highest BCUT2D eigenvalue weighted by atomic mass is 16.3. The summed E-state index contributed by atoms with van der Waals surface area (Å²) in [7, 11) is 0. The van der Waals surface area contributed by atoms with Crippen molar-refractivity contribution in [2.45, 2.75) is 0 Å². The lowest BCUT2D eigenvalue weighted by atomic mass is 10.1. The molecule has 0 bridgehead atoms. The van der Waals surface area contributed by atoms with Crippen LogP contribution >= 0.6 is 0 Å². The van der Waals surface area contributed by atoms with Crippen molar-refractivity contribution < 1.29 is 10.2 Å². The number of phenolic OH excluding ortho intramolecular Hbond substituents is 2. The number of rotatable bonds is 3. The van der Waals surface area contributed by atoms with E-state index in [2.05, 4.69) is 10.3 Å². The predicted octanol–water partition coefficient (Wildman–Crippen LogP) is 3.90. The molecule has 3 N–H and O–H groups in total. The van der Waals surface area contributed by atoms with E-state index in [0.717, 1.165) is 22.5 Å². The first-order valence-corrected chi connectivity index (χ1v) is 6.51. The lowest BCUT2D eigenvalue weighted by molar-refractivity contribution is 0.475. The second-order valence-electron chi connectivity index (χ2n) is 4.68. The molecule has 0 aliphatic rings. The van der Waals surface area contributed by atoms with Gasteiger partial charge in [-0.1, -0.05) is 12.1 Å². The molecule has 1 heterocycles. The third kappa shape index (κ3) is 3.12. The maximum atomic E-state index is 9.33. The summed E-state index contributed by atoms with van der Waals surface area (Å²) in [6, 6.07) is 15.8. The van der Waals surface area contributed by atoms with E-state index in [9.17, 15) is 10.2 Å². The average Bonchev–Trinajstić information content (AvgIpc) is 2.51. The van der Waals surface area contributed by atoms with E-state index in [1.54, 1.807) is 48.8 Å². The molecule has 0 aliphatic heterocycles. The van der Waals surface area contributed by atoms with Gasteiger partial charge in [0.05, 0.1) is 11.9 Å². The number of benzene rings is 2. The molecule has 104 valence electrons. The van der Waals surface area contributed by atoms with Crippen LogP contribution in [-0.4, -0.2) is 15.2 Å². The zero-order chi connectivity index (χ0) is 14.7. The van der Waals surface area contributed by atoms with Gasteiger partial charge in [0, 0.05) is 17.4 Å². The van der Waals surface area contributed by atoms with E-state index in [1.807, 2.05) is 18.2 Å². The van der Waals surface area contributed by atoms with Crippen molar-refractivity contribution in [1.29, 1.82) is 0 Å². The topological polar surface area (TPSA) is 65.4 Å². The normalized spacial score (nSPS) is 10.3. The Hall–Kier alpha value is -3.01. The fourth-order valence-electron chi connectivity index (χ4n) is 2.03. The molecule has 0 aliphatic carbocycles. The Morgan fingerprint density at radius 2 is 1.29 bits per heavy atom. The molecule has 4 heteroatoms. The maximum absolute atomic E-state index is 9.33. The summed E-state index contributed by atoms with van der Waals surface area (Å²) in [6.45, 7) is 0. The SMILES string of the molecule is Oc1ccc(Nc2cncc(-c3ccc(O)cc3)c2)cc1. The van der Waals surface area contributed by atoms with Crippen LogP contribution in [0.15, 0.2) is 67.0 Å². The van der Waals surface area contributed by atoms with Crippen molar-refractivity contribution in [3.8, 4) is 22.6 Å². The third-order valence-corrected chi connectivity index (χ3v) is 3.09. The molecular weight excluding hydrogens is 264 g/mol. The Morgan fingerprint density at radius 3 is 1.95 bits per heavy atom. The Labute approximate surface area is 122 Å². The molecule has 0 amide bonds. The minimum absolute atomic E-state index is 0.233. The molecule has 3 aromatic rings. The molecule has 0 saturated carbocycles. The smallest absolute Gasteiger partial charge is 0.115 e. The summed E-state index contributed by atoms with van der Waals surface area (Å²) >= 11 is 0. The van der Waals surface area contributed by atoms with Gasteiger partial charge in [-0.15, -0.1) is 0 Å². The summed E-state index contributed by atoms with van der Waals surface area (Å²) < 4.78 is 0. The summed E-state index contributed by atoms with van der Waals surface area (Å²) in [4.78, 5) is 4.22. The van der Waals surface area contributed by atoms with Crippen molar-refractivity contribution in [3.05, 3.63) is 67.0 Å². The number of hydrogen-bond acceptors (Lipinski definition) is 4. The van der Waals surface area contributed by atoms with Gasteiger partial charge >= 0.3 is 0 Å². The second-order valence-corrected chi connectivity index (χ2v) is 4.68. The zero-order valence-electron chi connectivity index (χ0n) is 11.2. The first kappa shape index (κ1) is 13.0. The average molecular weight is 278 g/mol. The molecule has 1 aromatic heterocycles. The molecular formula is C17H14N2O2.